The fourth-order valence-corrected chi connectivity index (χ4v) is 5.27. The number of rotatable bonds is 8. The predicted octanol–water partition coefficient (Wildman–Crippen LogP) is 3.40. The average molecular weight is 479 g/mol. The van der Waals surface area contributed by atoms with Crippen LogP contribution in [-0.2, 0) is 19.1 Å². The molecule has 2 aromatic carbocycles. The van der Waals surface area contributed by atoms with E-state index in [1.54, 1.807) is 0 Å². The SMILES string of the molecule is O=C(O)CN(C(=O)CC1COCCC1NC(=O)OCC1c2ccccc2-c2ccccc21)C1CC1. The molecule has 3 aliphatic rings. The van der Waals surface area contributed by atoms with Gasteiger partial charge >= 0.3 is 12.1 Å². The van der Waals surface area contributed by atoms with Crippen LogP contribution in [0.4, 0.5) is 4.79 Å². The van der Waals surface area contributed by atoms with E-state index in [-0.39, 0.29) is 49.4 Å². The number of carbonyl (C=O) groups excluding carboxylic acids is 2. The maximum atomic E-state index is 12.9. The molecule has 0 bridgehead atoms. The van der Waals surface area contributed by atoms with E-state index in [0.29, 0.717) is 19.6 Å². The summed E-state index contributed by atoms with van der Waals surface area (Å²) in [4.78, 5) is 38.3. The highest BCUT2D eigenvalue weighted by Gasteiger charge is 2.37. The topological polar surface area (TPSA) is 105 Å². The van der Waals surface area contributed by atoms with Crippen LogP contribution in [0.2, 0.25) is 0 Å². The number of ether oxygens (including phenoxy) is 2. The summed E-state index contributed by atoms with van der Waals surface area (Å²) in [6.07, 6.45) is 1.87. The molecule has 5 rings (SSSR count). The Hall–Kier alpha value is -3.39. The fraction of sp³-hybridized carbons (Fsp3) is 0.444. The van der Waals surface area contributed by atoms with Crippen molar-refractivity contribution >= 4 is 18.0 Å². The van der Waals surface area contributed by atoms with Gasteiger partial charge in [-0.15, -0.1) is 0 Å². The molecule has 1 saturated heterocycles. The van der Waals surface area contributed by atoms with Crippen LogP contribution in [0.5, 0.6) is 0 Å². The Morgan fingerprint density at radius 2 is 1.66 bits per heavy atom. The van der Waals surface area contributed by atoms with Gasteiger partial charge in [0.25, 0.3) is 0 Å². The van der Waals surface area contributed by atoms with Crippen molar-refractivity contribution in [3.63, 3.8) is 0 Å². The molecule has 2 unspecified atom stereocenters. The Morgan fingerprint density at radius 3 is 2.29 bits per heavy atom. The van der Waals surface area contributed by atoms with E-state index in [1.807, 2.05) is 24.3 Å². The Balaban J connectivity index is 1.20. The normalized spacial score (nSPS) is 21.0. The molecule has 2 N–H and O–H groups in total. The first-order chi connectivity index (χ1) is 17.0. The lowest BCUT2D eigenvalue weighted by Crippen LogP contribution is -2.48. The molecule has 0 spiro atoms. The molecule has 1 saturated carbocycles. The van der Waals surface area contributed by atoms with Crippen molar-refractivity contribution in [1.82, 2.24) is 10.2 Å². The molecule has 2 amide bonds. The van der Waals surface area contributed by atoms with Gasteiger partial charge < -0.3 is 24.8 Å². The van der Waals surface area contributed by atoms with Crippen LogP contribution in [-0.4, -0.2) is 66.4 Å². The van der Waals surface area contributed by atoms with Gasteiger partial charge in [0.1, 0.15) is 13.2 Å². The molecule has 8 nitrogen and oxygen atoms in total. The van der Waals surface area contributed by atoms with Crippen LogP contribution >= 0.6 is 0 Å². The summed E-state index contributed by atoms with van der Waals surface area (Å²) in [6.45, 7) is 0.758. The Kier molecular flexibility index (Phi) is 6.72. The highest BCUT2D eigenvalue weighted by Crippen LogP contribution is 2.44. The van der Waals surface area contributed by atoms with E-state index in [1.165, 1.54) is 16.0 Å². The summed E-state index contributed by atoms with van der Waals surface area (Å²) in [5.41, 5.74) is 4.63. The average Bonchev–Trinajstić information content (AvgIpc) is 3.65. The zero-order valence-corrected chi connectivity index (χ0v) is 19.5. The Bertz CT molecular complexity index is 1070. The van der Waals surface area contributed by atoms with Crippen LogP contribution in [0.25, 0.3) is 11.1 Å². The molecule has 1 heterocycles. The van der Waals surface area contributed by atoms with Crippen molar-refractivity contribution in [2.24, 2.45) is 5.92 Å². The maximum Gasteiger partial charge on any atom is 0.407 e. The van der Waals surface area contributed by atoms with Crippen molar-refractivity contribution in [3.8, 4) is 11.1 Å². The van der Waals surface area contributed by atoms with E-state index in [9.17, 15) is 14.4 Å². The number of aliphatic carboxylic acids is 1. The van der Waals surface area contributed by atoms with Crippen LogP contribution in [0.15, 0.2) is 48.5 Å². The molecule has 2 atom stereocenters. The van der Waals surface area contributed by atoms with Gasteiger partial charge in [0, 0.05) is 36.9 Å². The summed E-state index contributed by atoms with van der Waals surface area (Å²) < 4.78 is 11.3. The van der Waals surface area contributed by atoms with Crippen molar-refractivity contribution in [1.29, 1.82) is 0 Å². The van der Waals surface area contributed by atoms with Crippen molar-refractivity contribution in [3.05, 3.63) is 59.7 Å². The lowest BCUT2D eigenvalue weighted by molar-refractivity contribution is -0.145. The summed E-state index contributed by atoms with van der Waals surface area (Å²) in [5, 5.41) is 12.1. The predicted molar refractivity (Wildman–Crippen MR) is 128 cm³/mol. The standard InChI is InChI=1S/C27H30N2O6/c30-25(29(14-26(31)32)18-9-10-18)13-17-15-34-12-11-24(17)28-27(33)35-16-23-21-7-3-1-5-19(21)20-6-2-4-8-22(20)23/h1-8,17-18,23-24H,9-16H2,(H,28,33)(H,31,32). The van der Waals surface area contributed by atoms with Gasteiger partial charge in [-0.2, -0.15) is 0 Å². The molecule has 0 aromatic heterocycles. The number of hydrogen-bond acceptors (Lipinski definition) is 5. The van der Waals surface area contributed by atoms with Crippen LogP contribution in [0, 0.1) is 5.92 Å². The summed E-state index contributed by atoms with van der Waals surface area (Å²) in [7, 11) is 0. The first kappa shape index (κ1) is 23.4. The molecule has 8 heteroatoms. The first-order valence-corrected chi connectivity index (χ1v) is 12.2. The van der Waals surface area contributed by atoms with Crippen LogP contribution in [0.3, 0.4) is 0 Å². The number of nitrogens with one attached hydrogen (secondary N) is 1. The van der Waals surface area contributed by atoms with Crippen molar-refractivity contribution in [2.75, 3.05) is 26.4 Å². The number of carboxylic acids is 1. The number of amides is 2. The van der Waals surface area contributed by atoms with E-state index < -0.39 is 12.1 Å². The van der Waals surface area contributed by atoms with Gasteiger partial charge in [-0.3, -0.25) is 9.59 Å². The van der Waals surface area contributed by atoms with Crippen LogP contribution < -0.4 is 5.32 Å². The molecule has 2 fully saturated rings. The summed E-state index contributed by atoms with van der Waals surface area (Å²) in [5.74, 6) is -1.47. The number of carbonyl (C=O) groups is 3. The lowest BCUT2D eigenvalue weighted by Gasteiger charge is -2.33. The minimum absolute atomic E-state index is 0.0108. The second-order valence-corrected chi connectivity index (χ2v) is 9.55. The zero-order valence-electron chi connectivity index (χ0n) is 19.5. The van der Waals surface area contributed by atoms with E-state index in [0.717, 1.165) is 24.0 Å². The third-order valence-corrected chi connectivity index (χ3v) is 7.17. The fourth-order valence-electron chi connectivity index (χ4n) is 5.27. The Morgan fingerprint density at radius 1 is 1.00 bits per heavy atom. The van der Waals surface area contributed by atoms with Crippen LogP contribution in [0.1, 0.15) is 42.7 Å². The molecule has 184 valence electrons. The van der Waals surface area contributed by atoms with Gasteiger partial charge in [0.05, 0.1) is 6.61 Å². The minimum atomic E-state index is -1.02. The van der Waals surface area contributed by atoms with E-state index in [2.05, 4.69) is 29.6 Å². The number of alkyl carbamates (subject to hydrolysis) is 1. The smallest absolute Gasteiger partial charge is 0.407 e. The van der Waals surface area contributed by atoms with Gasteiger partial charge in [-0.05, 0) is 41.5 Å². The first-order valence-electron chi connectivity index (χ1n) is 12.2. The Labute approximate surface area is 204 Å². The van der Waals surface area contributed by atoms with E-state index in [4.69, 9.17) is 14.6 Å². The highest BCUT2D eigenvalue weighted by atomic mass is 16.5. The number of carboxylic acid groups (broad SMARTS) is 1. The zero-order chi connectivity index (χ0) is 24.4. The monoisotopic (exact) mass is 478 g/mol. The van der Waals surface area contributed by atoms with Gasteiger partial charge in [-0.25, -0.2) is 4.79 Å². The second kappa shape index (κ2) is 10.1. The summed E-state index contributed by atoms with van der Waals surface area (Å²) in [6, 6.07) is 16.1. The highest BCUT2D eigenvalue weighted by molar-refractivity contribution is 5.82. The molecular weight excluding hydrogens is 448 g/mol. The third kappa shape index (κ3) is 5.17. The molecular formula is C27H30N2O6. The third-order valence-electron chi connectivity index (χ3n) is 7.17. The molecule has 0 radical (unpaired) electrons. The lowest BCUT2D eigenvalue weighted by atomic mass is 9.92. The quantitative estimate of drug-likeness (QED) is 0.603. The molecule has 35 heavy (non-hydrogen) atoms. The number of fused-ring (bicyclic) bond motifs is 3. The second-order valence-electron chi connectivity index (χ2n) is 9.55. The molecule has 1 aliphatic heterocycles. The largest absolute Gasteiger partial charge is 0.480 e. The van der Waals surface area contributed by atoms with E-state index >= 15 is 0 Å². The number of nitrogens with zero attached hydrogens (tertiary/aromatic N) is 1. The van der Waals surface area contributed by atoms with Crippen molar-refractivity contribution < 1.29 is 29.0 Å². The number of benzene rings is 2. The molecule has 2 aromatic rings. The molecule has 2 aliphatic carbocycles. The van der Waals surface area contributed by atoms with Gasteiger partial charge in [0.15, 0.2) is 0 Å². The number of hydrogen-bond donors (Lipinski definition) is 2. The van der Waals surface area contributed by atoms with Gasteiger partial charge in [0.2, 0.25) is 5.91 Å². The summed E-state index contributed by atoms with van der Waals surface area (Å²) >= 11 is 0. The minimum Gasteiger partial charge on any atom is -0.480 e. The van der Waals surface area contributed by atoms with Crippen molar-refractivity contribution in [2.45, 2.75) is 43.7 Å². The maximum absolute atomic E-state index is 12.9. The van der Waals surface area contributed by atoms with Gasteiger partial charge in [-0.1, -0.05) is 48.5 Å².